The summed E-state index contributed by atoms with van der Waals surface area (Å²) in [6, 6.07) is 3.92. The van der Waals surface area contributed by atoms with Gasteiger partial charge in [-0.2, -0.15) is 0 Å². The van der Waals surface area contributed by atoms with Crippen LogP contribution in [0.3, 0.4) is 0 Å². The van der Waals surface area contributed by atoms with E-state index in [9.17, 15) is 18.4 Å². The minimum absolute atomic E-state index is 0.0366. The molecule has 0 bridgehead atoms. The summed E-state index contributed by atoms with van der Waals surface area (Å²) in [6.07, 6.45) is 4.80. The third-order valence-electron chi connectivity index (χ3n) is 7.04. The Hall–Kier alpha value is -2.02. The highest BCUT2D eigenvalue weighted by Crippen LogP contribution is 2.41. The largest absolute Gasteiger partial charge is 0.348 e. The molecule has 1 aromatic rings. The molecular weight excluding hydrogens is 388 g/mol. The summed E-state index contributed by atoms with van der Waals surface area (Å²) in [6.45, 7) is 5.91. The number of rotatable bonds is 4. The Kier molecular flexibility index (Phi) is 6.09. The summed E-state index contributed by atoms with van der Waals surface area (Å²) in [5.41, 5.74) is 0.0331. The average Bonchev–Trinajstić information content (AvgIpc) is 3.06. The van der Waals surface area contributed by atoms with E-state index in [2.05, 4.69) is 17.1 Å². The van der Waals surface area contributed by atoms with E-state index < -0.39 is 17.2 Å². The van der Waals surface area contributed by atoms with Gasteiger partial charge in [-0.05, 0) is 55.8 Å². The molecule has 164 valence electrons. The standard InChI is InChI=1S/C23H31F2N3O2/c1-16-4-3-10-27(13-16)11-8-22(30)28-14-18(17-6-7-19(24)20(25)12-17)23(15-28)9-2-5-21(29)26-23/h6-7,12,16,18H,2-5,8-11,13-15H2,1H3,(H,26,29)/t16-,18-,23+/m0/s1. The van der Waals surface area contributed by atoms with Crippen LogP contribution in [0.4, 0.5) is 8.78 Å². The lowest BCUT2D eigenvalue weighted by atomic mass is 9.76. The second-order valence-corrected chi connectivity index (χ2v) is 9.36. The van der Waals surface area contributed by atoms with E-state index in [-0.39, 0.29) is 17.7 Å². The minimum atomic E-state index is -0.895. The van der Waals surface area contributed by atoms with Crippen LogP contribution < -0.4 is 5.32 Å². The Morgan fingerprint density at radius 3 is 2.80 bits per heavy atom. The van der Waals surface area contributed by atoms with Gasteiger partial charge in [-0.3, -0.25) is 9.59 Å². The fourth-order valence-electron chi connectivity index (χ4n) is 5.50. The van der Waals surface area contributed by atoms with E-state index >= 15 is 0 Å². The number of nitrogens with zero attached hydrogens (tertiary/aromatic N) is 2. The SMILES string of the molecule is C[C@H]1CCCN(CCC(=O)N2C[C@@H](c3ccc(F)c(F)c3)[C@@]3(CCCC(=O)N3)C2)C1. The lowest BCUT2D eigenvalue weighted by Crippen LogP contribution is -2.56. The smallest absolute Gasteiger partial charge is 0.223 e. The highest BCUT2D eigenvalue weighted by Gasteiger charge is 2.50. The zero-order chi connectivity index (χ0) is 21.3. The Labute approximate surface area is 176 Å². The second kappa shape index (κ2) is 8.61. The molecule has 1 spiro atoms. The van der Waals surface area contributed by atoms with Crippen LogP contribution in [0, 0.1) is 17.6 Å². The third kappa shape index (κ3) is 4.36. The van der Waals surface area contributed by atoms with E-state index in [0.29, 0.717) is 37.4 Å². The molecule has 5 nitrogen and oxygen atoms in total. The number of likely N-dealkylation sites (tertiary alicyclic amines) is 2. The Balaban J connectivity index is 1.49. The van der Waals surface area contributed by atoms with Gasteiger partial charge in [0.15, 0.2) is 11.6 Å². The number of halogens is 2. The van der Waals surface area contributed by atoms with Gasteiger partial charge in [0.25, 0.3) is 0 Å². The van der Waals surface area contributed by atoms with Crippen LogP contribution in [-0.2, 0) is 9.59 Å². The highest BCUT2D eigenvalue weighted by atomic mass is 19.2. The molecular formula is C23H31F2N3O2. The van der Waals surface area contributed by atoms with Gasteiger partial charge in [0.2, 0.25) is 11.8 Å². The van der Waals surface area contributed by atoms with Crippen LogP contribution in [0.15, 0.2) is 18.2 Å². The third-order valence-corrected chi connectivity index (χ3v) is 7.04. The first-order valence-corrected chi connectivity index (χ1v) is 11.1. The molecule has 7 heteroatoms. The van der Waals surface area contributed by atoms with Crippen molar-refractivity contribution in [3.8, 4) is 0 Å². The van der Waals surface area contributed by atoms with Gasteiger partial charge in [0.1, 0.15) is 0 Å². The second-order valence-electron chi connectivity index (χ2n) is 9.36. The maximum Gasteiger partial charge on any atom is 0.223 e. The first-order chi connectivity index (χ1) is 14.4. The lowest BCUT2D eigenvalue weighted by molar-refractivity contribution is -0.132. The van der Waals surface area contributed by atoms with Gasteiger partial charge in [0, 0.05) is 44.9 Å². The number of carbonyl (C=O) groups is 2. The quantitative estimate of drug-likeness (QED) is 0.816. The topological polar surface area (TPSA) is 52.7 Å². The van der Waals surface area contributed by atoms with Gasteiger partial charge in [0.05, 0.1) is 5.54 Å². The maximum atomic E-state index is 13.9. The summed E-state index contributed by atoms with van der Waals surface area (Å²) in [7, 11) is 0. The molecule has 0 aromatic heterocycles. The molecule has 1 aromatic carbocycles. The van der Waals surface area contributed by atoms with Crippen molar-refractivity contribution in [3.05, 3.63) is 35.4 Å². The fraction of sp³-hybridized carbons (Fsp3) is 0.652. The Morgan fingerprint density at radius 2 is 2.07 bits per heavy atom. The monoisotopic (exact) mass is 419 g/mol. The summed E-state index contributed by atoms with van der Waals surface area (Å²) in [4.78, 5) is 29.4. The molecule has 3 aliphatic heterocycles. The van der Waals surface area contributed by atoms with Gasteiger partial charge in [-0.25, -0.2) is 8.78 Å². The van der Waals surface area contributed by atoms with Crippen molar-refractivity contribution < 1.29 is 18.4 Å². The molecule has 0 unspecified atom stereocenters. The number of carbonyl (C=O) groups excluding carboxylic acids is 2. The summed E-state index contributed by atoms with van der Waals surface area (Å²) < 4.78 is 27.4. The maximum absolute atomic E-state index is 13.9. The Morgan fingerprint density at radius 1 is 1.23 bits per heavy atom. The van der Waals surface area contributed by atoms with E-state index in [4.69, 9.17) is 0 Å². The van der Waals surface area contributed by atoms with Crippen molar-refractivity contribution in [3.63, 3.8) is 0 Å². The summed E-state index contributed by atoms with van der Waals surface area (Å²) in [5, 5.41) is 3.11. The molecule has 3 aliphatic rings. The average molecular weight is 420 g/mol. The predicted octanol–water partition coefficient (Wildman–Crippen LogP) is 3.05. The molecule has 2 amide bonds. The van der Waals surface area contributed by atoms with Crippen LogP contribution in [0.25, 0.3) is 0 Å². The van der Waals surface area contributed by atoms with Crippen LogP contribution in [0.1, 0.15) is 56.9 Å². The van der Waals surface area contributed by atoms with Crippen molar-refractivity contribution >= 4 is 11.8 Å². The van der Waals surface area contributed by atoms with Crippen molar-refractivity contribution in [1.29, 1.82) is 0 Å². The number of hydrogen-bond donors (Lipinski definition) is 1. The first-order valence-electron chi connectivity index (χ1n) is 11.1. The lowest BCUT2D eigenvalue weighted by Gasteiger charge is -2.39. The van der Waals surface area contributed by atoms with E-state index in [1.54, 1.807) is 6.07 Å². The minimum Gasteiger partial charge on any atom is -0.348 e. The van der Waals surface area contributed by atoms with Crippen LogP contribution >= 0.6 is 0 Å². The van der Waals surface area contributed by atoms with Crippen molar-refractivity contribution in [2.24, 2.45) is 5.92 Å². The molecule has 3 heterocycles. The fourth-order valence-corrected chi connectivity index (χ4v) is 5.50. The molecule has 1 N–H and O–H groups in total. The Bertz CT molecular complexity index is 818. The van der Waals surface area contributed by atoms with Crippen LogP contribution in [0.2, 0.25) is 0 Å². The van der Waals surface area contributed by atoms with Crippen molar-refractivity contribution in [2.75, 3.05) is 32.7 Å². The van der Waals surface area contributed by atoms with Crippen molar-refractivity contribution in [1.82, 2.24) is 15.1 Å². The van der Waals surface area contributed by atoms with Crippen LogP contribution in [0.5, 0.6) is 0 Å². The zero-order valence-corrected chi connectivity index (χ0v) is 17.6. The highest BCUT2D eigenvalue weighted by molar-refractivity contribution is 5.80. The summed E-state index contributed by atoms with van der Waals surface area (Å²) in [5.74, 6) is -1.33. The van der Waals surface area contributed by atoms with Gasteiger partial charge < -0.3 is 15.1 Å². The predicted molar refractivity (Wildman–Crippen MR) is 110 cm³/mol. The van der Waals surface area contributed by atoms with Gasteiger partial charge in [-0.1, -0.05) is 13.0 Å². The molecule has 0 aliphatic carbocycles. The van der Waals surface area contributed by atoms with Gasteiger partial charge >= 0.3 is 0 Å². The first kappa shape index (κ1) is 21.2. The number of nitrogens with one attached hydrogen (secondary N) is 1. The molecule has 4 rings (SSSR count). The van der Waals surface area contributed by atoms with E-state index in [1.165, 1.54) is 18.9 Å². The molecule has 0 radical (unpaired) electrons. The number of hydrogen-bond acceptors (Lipinski definition) is 3. The van der Waals surface area contributed by atoms with Crippen molar-refractivity contribution in [2.45, 2.75) is 56.9 Å². The molecule has 30 heavy (non-hydrogen) atoms. The van der Waals surface area contributed by atoms with E-state index in [1.807, 2.05) is 4.90 Å². The van der Waals surface area contributed by atoms with E-state index in [0.717, 1.165) is 38.5 Å². The van der Waals surface area contributed by atoms with Crippen LogP contribution in [-0.4, -0.2) is 59.9 Å². The summed E-state index contributed by atoms with van der Waals surface area (Å²) >= 11 is 0. The molecule has 3 atom stereocenters. The number of benzene rings is 1. The molecule has 3 fully saturated rings. The normalized spacial score (nSPS) is 30.0. The molecule has 3 saturated heterocycles. The molecule has 0 saturated carbocycles. The number of amides is 2. The van der Waals surface area contributed by atoms with Gasteiger partial charge in [-0.15, -0.1) is 0 Å². The number of piperidine rings is 2. The zero-order valence-electron chi connectivity index (χ0n) is 17.6.